The monoisotopic (exact) mass is 239 g/mol. The molecule has 0 bridgehead atoms. The van der Waals surface area contributed by atoms with Crippen molar-refractivity contribution >= 4 is 7.99 Å². The lowest BCUT2D eigenvalue weighted by molar-refractivity contribution is 0.376. The molecule has 0 aromatic heterocycles. The molecule has 0 radical (unpaired) electrons. The van der Waals surface area contributed by atoms with Gasteiger partial charge in [0.2, 0.25) is 0 Å². The van der Waals surface area contributed by atoms with E-state index in [4.69, 9.17) is 9.46 Å². The zero-order chi connectivity index (χ0) is 11.7. The smallest absolute Gasteiger partial charge is 0.374 e. The molecular weight excluding hydrogens is 223 g/mol. The fourth-order valence-corrected chi connectivity index (χ4v) is 1.03. The summed E-state index contributed by atoms with van der Waals surface area (Å²) in [5.74, 6) is 0. The molecule has 3 nitrogen and oxygen atoms in total. The molecule has 0 saturated carbocycles. The average molecular weight is 239 g/mol. The van der Waals surface area contributed by atoms with E-state index in [2.05, 4.69) is 36.3 Å². The molecule has 1 aliphatic heterocycles. The van der Waals surface area contributed by atoms with Gasteiger partial charge in [-0.2, -0.15) is 0 Å². The van der Waals surface area contributed by atoms with Gasteiger partial charge < -0.3 is 4.90 Å². The quantitative estimate of drug-likeness (QED) is 0.769. The van der Waals surface area contributed by atoms with Crippen LogP contribution in [0.4, 0.5) is 8.39 Å². The van der Waals surface area contributed by atoms with E-state index in [9.17, 15) is 8.39 Å². The van der Waals surface area contributed by atoms with Gasteiger partial charge in [0.1, 0.15) is 0 Å². The maximum absolute atomic E-state index is 10.1. The number of hydrogen-bond donors (Lipinski definition) is 1. The predicted molar refractivity (Wildman–Crippen MR) is 56.8 cm³/mol. The molecule has 1 rings (SSSR count). The maximum Gasteiger partial charge on any atom is 0.549 e. The minimum Gasteiger partial charge on any atom is -0.374 e. The molecule has 6 heteroatoms. The summed E-state index contributed by atoms with van der Waals surface area (Å²) in [6.07, 6.45) is 11.1. The highest BCUT2D eigenvalue weighted by Crippen LogP contribution is 2.43. The van der Waals surface area contributed by atoms with Gasteiger partial charge in [-0.15, -0.1) is 8.39 Å². The molecule has 0 amide bonds. The zero-order valence-electron chi connectivity index (χ0n) is 8.64. The molecule has 0 spiro atoms. The minimum absolute atomic E-state index is 1.09. The van der Waals surface area contributed by atoms with E-state index in [-0.39, 0.29) is 0 Å². The van der Waals surface area contributed by atoms with Crippen LogP contribution in [-0.4, -0.2) is 22.9 Å². The summed E-state index contributed by atoms with van der Waals surface area (Å²) >= 11 is 0. The van der Waals surface area contributed by atoms with Crippen LogP contribution in [0.15, 0.2) is 24.4 Å². The van der Waals surface area contributed by atoms with Crippen LogP contribution in [0.25, 0.3) is 0 Å². The summed E-state index contributed by atoms with van der Waals surface area (Å²) < 4.78 is 28.7. The third-order valence-corrected chi connectivity index (χ3v) is 1.68. The SMILES string of the molecule is CCCCN1C=CC=CC1.O=P(O)(F)F. The second-order valence-electron chi connectivity index (χ2n) is 3.05. The van der Waals surface area contributed by atoms with Gasteiger partial charge in [0.25, 0.3) is 0 Å². The standard InChI is InChI=1S/C9H15N.F2HO2P/c1-2-3-7-10-8-5-4-6-9-10;1-5(2,3)4/h4-6,8H,2-3,7,9H2,1H3;(H,3,4). The van der Waals surface area contributed by atoms with E-state index in [0.717, 1.165) is 6.54 Å². The van der Waals surface area contributed by atoms with E-state index in [1.807, 2.05) is 0 Å². The van der Waals surface area contributed by atoms with Crippen molar-refractivity contribution in [1.82, 2.24) is 4.90 Å². The topological polar surface area (TPSA) is 40.5 Å². The van der Waals surface area contributed by atoms with Gasteiger partial charge in [-0.05, 0) is 18.7 Å². The highest BCUT2D eigenvalue weighted by Gasteiger charge is 2.09. The average Bonchev–Trinajstić information content (AvgIpc) is 2.14. The van der Waals surface area contributed by atoms with Crippen molar-refractivity contribution in [2.45, 2.75) is 19.8 Å². The summed E-state index contributed by atoms with van der Waals surface area (Å²) in [6.45, 7) is 4.53. The Bertz CT molecular complexity index is 255. The van der Waals surface area contributed by atoms with Gasteiger partial charge in [-0.25, -0.2) is 4.57 Å². The molecule has 0 atom stereocenters. The fraction of sp³-hybridized carbons (Fsp3) is 0.556. The molecule has 1 N–H and O–H groups in total. The third-order valence-electron chi connectivity index (χ3n) is 1.68. The second kappa shape index (κ2) is 7.60. The van der Waals surface area contributed by atoms with Crippen LogP contribution in [0.3, 0.4) is 0 Å². The van der Waals surface area contributed by atoms with Crippen LogP contribution in [0.1, 0.15) is 19.8 Å². The Labute approximate surface area is 88.8 Å². The first-order valence-electron chi connectivity index (χ1n) is 4.73. The summed E-state index contributed by atoms with van der Waals surface area (Å²) in [5.41, 5.74) is 0. The molecular formula is C9H16F2NO2P. The first kappa shape index (κ1) is 14.3. The van der Waals surface area contributed by atoms with Crippen molar-refractivity contribution in [3.63, 3.8) is 0 Å². The van der Waals surface area contributed by atoms with Crippen molar-refractivity contribution in [2.75, 3.05) is 13.1 Å². The van der Waals surface area contributed by atoms with Crippen LogP contribution in [0.5, 0.6) is 0 Å². The molecule has 0 saturated heterocycles. The van der Waals surface area contributed by atoms with E-state index < -0.39 is 7.99 Å². The molecule has 15 heavy (non-hydrogen) atoms. The summed E-state index contributed by atoms with van der Waals surface area (Å²) in [5, 5.41) is 0. The van der Waals surface area contributed by atoms with Crippen molar-refractivity contribution < 1.29 is 17.9 Å². The van der Waals surface area contributed by atoms with Crippen molar-refractivity contribution in [2.24, 2.45) is 0 Å². The molecule has 0 aromatic carbocycles. The largest absolute Gasteiger partial charge is 0.549 e. The van der Waals surface area contributed by atoms with Crippen LogP contribution in [0.2, 0.25) is 0 Å². The zero-order valence-corrected chi connectivity index (χ0v) is 9.54. The molecule has 0 aromatic rings. The van der Waals surface area contributed by atoms with E-state index in [1.165, 1.54) is 19.4 Å². The van der Waals surface area contributed by atoms with Gasteiger partial charge >= 0.3 is 7.99 Å². The molecule has 1 aliphatic rings. The molecule has 1 heterocycles. The van der Waals surface area contributed by atoms with Gasteiger partial charge in [0.15, 0.2) is 0 Å². The summed E-state index contributed by atoms with van der Waals surface area (Å²) in [7, 11) is -5.64. The summed E-state index contributed by atoms with van der Waals surface area (Å²) in [6, 6.07) is 0. The first-order valence-corrected chi connectivity index (χ1v) is 6.17. The maximum atomic E-state index is 10.1. The van der Waals surface area contributed by atoms with Crippen LogP contribution >= 0.6 is 7.99 Å². The molecule has 88 valence electrons. The fourth-order valence-electron chi connectivity index (χ4n) is 1.03. The predicted octanol–water partition coefficient (Wildman–Crippen LogP) is 3.20. The molecule has 0 fully saturated rings. The van der Waals surface area contributed by atoms with Crippen LogP contribution < -0.4 is 0 Å². The number of hydrogen-bond acceptors (Lipinski definition) is 2. The number of halogens is 2. The van der Waals surface area contributed by atoms with Crippen molar-refractivity contribution in [1.29, 1.82) is 0 Å². The van der Waals surface area contributed by atoms with Crippen LogP contribution in [-0.2, 0) is 4.57 Å². The Kier molecular flexibility index (Phi) is 7.26. The highest BCUT2D eigenvalue weighted by molar-refractivity contribution is 7.46. The highest BCUT2D eigenvalue weighted by atomic mass is 31.2. The van der Waals surface area contributed by atoms with Gasteiger partial charge in [0.05, 0.1) is 0 Å². The Morgan fingerprint density at radius 2 is 2.07 bits per heavy atom. The second-order valence-corrected chi connectivity index (χ2v) is 3.92. The Morgan fingerprint density at radius 3 is 2.47 bits per heavy atom. The van der Waals surface area contributed by atoms with Gasteiger partial charge in [0, 0.05) is 13.1 Å². The third kappa shape index (κ3) is 13.3. The van der Waals surface area contributed by atoms with E-state index in [1.54, 1.807) is 0 Å². The van der Waals surface area contributed by atoms with Gasteiger partial charge in [-0.3, -0.25) is 4.89 Å². The lowest BCUT2D eigenvalue weighted by Crippen LogP contribution is -2.19. The Balaban J connectivity index is 0.000000336. The Morgan fingerprint density at radius 1 is 1.47 bits per heavy atom. The molecule has 0 unspecified atom stereocenters. The number of allylic oxidation sites excluding steroid dienone is 2. The summed E-state index contributed by atoms with van der Waals surface area (Å²) in [4.78, 5) is 9.08. The normalized spacial score (nSPS) is 14.8. The van der Waals surface area contributed by atoms with Crippen LogP contribution in [0, 0.1) is 0 Å². The van der Waals surface area contributed by atoms with Crippen molar-refractivity contribution in [3.8, 4) is 0 Å². The molecule has 0 aliphatic carbocycles. The van der Waals surface area contributed by atoms with Crippen molar-refractivity contribution in [3.05, 3.63) is 24.4 Å². The minimum atomic E-state index is -5.64. The number of unbranched alkanes of at least 4 members (excludes halogenated alkanes) is 1. The van der Waals surface area contributed by atoms with Gasteiger partial charge in [-0.1, -0.05) is 25.5 Å². The number of nitrogens with zero attached hydrogens (tertiary/aromatic N) is 1. The van der Waals surface area contributed by atoms with E-state index in [0.29, 0.717) is 0 Å². The number of rotatable bonds is 3. The first-order chi connectivity index (χ1) is 6.93. The van der Waals surface area contributed by atoms with E-state index >= 15 is 0 Å². The lowest BCUT2D eigenvalue weighted by atomic mass is 10.3. The Hall–Kier alpha value is -0.670. The lowest BCUT2D eigenvalue weighted by Gasteiger charge is -2.19.